The number of benzene rings is 2. The summed E-state index contributed by atoms with van der Waals surface area (Å²) in [5.74, 6) is 0.130. The Morgan fingerprint density at radius 1 is 1.21 bits per heavy atom. The fraction of sp³-hybridized carbons (Fsp3) is 0.133. The molecule has 3 nitrogen and oxygen atoms in total. The summed E-state index contributed by atoms with van der Waals surface area (Å²) in [7, 11) is 0. The van der Waals surface area contributed by atoms with Gasteiger partial charge < -0.3 is 10.5 Å². The molecule has 0 radical (unpaired) electrons. The lowest BCUT2D eigenvalue weighted by Gasteiger charge is -2.08. The van der Waals surface area contributed by atoms with Gasteiger partial charge in [-0.05, 0) is 25.1 Å². The van der Waals surface area contributed by atoms with Crippen LogP contribution in [-0.2, 0) is 6.61 Å². The third-order valence-electron chi connectivity index (χ3n) is 2.78. The van der Waals surface area contributed by atoms with E-state index >= 15 is 0 Å². The van der Waals surface area contributed by atoms with Crippen molar-refractivity contribution in [2.45, 2.75) is 13.5 Å². The molecule has 2 rings (SSSR count). The number of rotatable bonds is 4. The van der Waals surface area contributed by atoms with Crippen LogP contribution in [0.3, 0.4) is 0 Å². The molecular weight excluding hydrogens is 243 g/mol. The van der Waals surface area contributed by atoms with Gasteiger partial charge in [0, 0.05) is 11.1 Å². The largest absolute Gasteiger partial charge is 0.489 e. The van der Waals surface area contributed by atoms with E-state index in [-0.39, 0.29) is 12.4 Å². The number of amidine groups is 1. The van der Waals surface area contributed by atoms with Gasteiger partial charge in [0.25, 0.3) is 0 Å². The number of nitrogens with two attached hydrogens (primary N) is 1. The second-order valence-corrected chi connectivity index (χ2v) is 4.32. The van der Waals surface area contributed by atoms with Crippen LogP contribution < -0.4 is 10.5 Å². The lowest BCUT2D eigenvalue weighted by molar-refractivity contribution is 0.300. The second kappa shape index (κ2) is 5.52. The Hall–Kier alpha value is -2.36. The maximum absolute atomic E-state index is 13.7. The fourth-order valence-electron chi connectivity index (χ4n) is 1.63. The number of nitrogens with one attached hydrogen (secondary N) is 1. The SMILES string of the molecule is Cc1ccc(OCc2ccc(C(=N)N)cc2F)cc1. The number of ether oxygens (including phenoxy) is 1. The van der Waals surface area contributed by atoms with E-state index in [0.29, 0.717) is 16.9 Å². The summed E-state index contributed by atoms with van der Waals surface area (Å²) < 4.78 is 19.2. The number of aryl methyl sites for hydroxylation is 1. The second-order valence-electron chi connectivity index (χ2n) is 4.32. The van der Waals surface area contributed by atoms with E-state index in [9.17, 15) is 4.39 Å². The summed E-state index contributed by atoms with van der Waals surface area (Å²) >= 11 is 0. The Balaban J connectivity index is 2.07. The maximum Gasteiger partial charge on any atom is 0.130 e. The zero-order chi connectivity index (χ0) is 13.8. The summed E-state index contributed by atoms with van der Waals surface area (Å²) in [6.07, 6.45) is 0. The third-order valence-corrected chi connectivity index (χ3v) is 2.78. The van der Waals surface area contributed by atoms with Crippen LogP contribution in [0.2, 0.25) is 0 Å². The molecule has 0 aliphatic rings. The summed E-state index contributed by atoms with van der Waals surface area (Å²) in [5, 5.41) is 7.24. The lowest BCUT2D eigenvalue weighted by Crippen LogP contribution is -2.12. The zero-order valence-corrected chi connectivity index (χ0v) is 10.6. The van der Waals surface area contributed by atoms with Gasteiger partial charge in [0.1, 0.15) is 24.0 Å². The Morgan fingerprint density at radius 3 is 2.47 bits per heavy atom. The maximum atomic E-state index is 13.7. The highest BCUT2D eigenvalue weighted by Crippen LogP contribution is 2.16. The Bertz CT molecular complexity index is 594. The van der Waals surface area contributed by atoms with Gasteiger partial charge in [0.15, 0.2) is 0 Å². The van der Waals surface area contributed by atoms with Crippen LogP contribution in [0.15, 0.2) is 42.5 Å². The van der Waals surface area contributed by atoms with Gasteiger partial charge >= 0.3 is 0 Å². The van der Waals surface area contributed by atoms with Crippen molar-refractivity contribution < 1.29 is 9.13 Å². The van der Waals surface area contributed by atoms with Crippen molar-refractivity contribution in [3.05, 3.63) is 65.0 Å². The molecule has 3 N–H and O–H groups in total. The molecule has 0 aliphatic heterocycles. The molecule has 0 aromatic heterocycles. The van der Waals surface area contributed by atoms with Gasteiger partial charge in [0.2, 0.25) is 0 Å². The Morgan fingerprint density at radius 2 is 1.89 bits per heavy atom. The quantitative estimate of drug-likeness (QED) is 0.654. The van der Waals surface area contributed by atoms with Gasteiger partial charge in [-0.3, -0.25) is 5.41 Å². The number of hydrogen-bond acceptors (Lipinski definition) is 2. The van der Waals surface area contributed by atoms with Crippen molar-refractivity contribution in [1.29, 1.82) is 5.41 Å². The van der Waals surface area contributed by atoms with E-state index in [4.69, 9.17) is 15.9 Å². The normalized spacial score (nSPS) is 10.2. The van der Waals surface area contributed by atoms with Gasteiger partial charge in [-0.1, -0.05) is 29.8 Å². The average Bonchev–Trinajstić information content (AvgIpc) is 2.39. The third kappa shape index (κ3) is 3.31. The summed E-state index contributed by atoms with van der Waals surface area (Å²) in [6, 6.07) is 12.0. The monoisotopic (exact) mass is 258 g/mol. The standard InChI is InChI=1S/C15H15FN2O/c1-10-2-6-13(7-3-10)19-9-12-5-4-11(15(17)18)8-14(12)16/h2-8H,9H2,1H3,(H3,17,18). The summed E-state index contributed by atoms with van der Waals surface area (Å²) in [6.45, 7) is 2.14. The van der Waals surface area contributed by atoms with Gasteiger partial charge in [-0.2, -0.15) is 0 Å². The van der Waals surface area contributed by atoms with Crippen LogP contribution in [0.5, 0.6) is 5.75 Å². The molecule has 0 saturated heterocycles. The Kier molecular flexibility index (Phi) is 3.80. The van der Waals surface area contributed by atoms with Crippen molar-refractivity contribution in [1.82, 2.24) is 0 Å². The molecule has 0 fully saturated rings. The molecule has 98 valence electrons. The molecule has 19 heavy (non-hydrogen) atoms. The molecule has 0 bridgehead atoms. The molecule has 0 unspecified atom stereocenters. The van der Waals surface area contributed by atoms with E-state index < -0.39 is 5.82 Å². The van der Waals surface area contributed by atoms with E-state index in [1.54, 1.807) is 12.1 Å². The molecule has 0 spiro atoms. The number of nitrogen functional groups attached to an aromatic ring is 1. The zero-order valence-electron chi connectivity index (χ0n) is 10.6. The van der Waals surface area contributed by atoms with E-state index in [1.807, 2.05) is 31.2 Å². The van der Waals surface area contributed by atoms with Crippen LogP contribution >= 0.6 is 0 Å². The smallest absolute Gasteiger partial charge is 0.130 e. The molecule has 0 atom stereocenters. The highest BCUT2D eigenvalue weighted by molar-refractivity contribution is 5.94. The molecule has 2 aromatic carbocycles. The van der Waals surface area contributed by atoms with Gasteiger partial charge in [-0.15, -0.1) is 0 Å². The number of hydrogen-bond donors (Lipinski definition) is 2. The summed E-state index contributed by atoms with van der Waals surface area (Å²) in [5.41, 5.74) is 7.25. The van der Waals surface area contributed by atoms with Crippen LogP contribution in [0.25, 0.3) is 0 Å². The van der Waals surface area contributed by atoms with Crippen molar-refractivity contribution >= 4 is 5.84 Å². The molecule has 0 amide bonds. The van der Waals surface area contributed by atoms with Crippen LogP contribution in [0.1, 0.15) is 16.7 Å². The first kappa shape index (κ1) is 13.1. The minimum absolute atomic E-state index is 0.146. The first-order chi connectivity index (χ1) is 9.06. The van der Waals surface area contributed by atoms with E-state index in [0.717, 1.165) is 5.56 Å². The van der Waals surface area contributed by atoms with Gasteiger partial charge in [-0.25, -0.2) is 4.39 Å². The highest BCUT2D eigenvalue weighted by atomic mass is 19.1. The van der Waals surface area contributed by atoms with Crippen molar-refractivity contribution in [3.63, 3.8) is 0 Å². The molecule has 0 saturated carbocycles. The van der Waals surface area contributed by atoms with Crippen LogP contribution in [-0.4, -0.2) is 5.84 Å². The molecule has 2 aromatic rings. The molecule has 4 heteroatoms. The number of halogens is 1. The van der Waals surface area contributed by atoms with Crippen molar-refractivity contribution in [2.24, 2.45) is 5.73 Å². The predicted molar refractivity (Wildman–Crippen MR) is 72.9 cm³/mol. The minimum Gasteiger partial charge on any atom is -0.489 e. The van der Waals surface area contributed by atoms with Crippen LogP contribution in [0.4, 0.5) is 4.39 Å². The molecular formula is C15H15FN2O. The van der Waals surface area contributed by atoms with E-state index in [1.165, 1.54) is 6.07 Å². The molecule has 0 heterocycles. The topological polar surface area (TPSA) is 59.1 Å². The van der Waals surface area contributed by atoms with Gasteiger partial charge in [0.05, 0.1) is 0 Å². The summed E-state index contributed by atoms with van der Waals surface area (Å²) in [4.78, 5) is 0. The van der Waals surface area contributed by atoms with Crippen LogP contribution in [0, 0.1) is 18.2 Å². The average molecular weight is 258 g/mol. The minimum atomic E-state index is -0.417. The Labute approximate surface area is 111 Å². The first-order valence-corrected chi connectivity index (χ1v) is 5.88. The predicted octanol–water partition coefficient (Wildman–Crippen LogP) is 3.00. The van der Waals surface area contributed by atoms with E-state index in [2.05, 4.69) is 0 Å². The van der Waals surface area contributed by atoms with Crippen molar-refractivity contribution in [2.75, 3.05) is 0 Å². The van der Waals surface area contributed by atoms with Crippen molar-refractivity contribution in [3.8, 4) is 5.75 Å². The highest BCUT2D eigenvalue weighted by Gasteiger charge is 2.06. The molecule has 0 aliphatic carbocycles. The fourth-order valence-corrected chi connectivity index (χ4v) is 1.63. The lowest BCUT2D eigenvalue weighted by atomic mass is 10.1. The first-order valence-electron chi connectivity index (χ1n) is 5.88.